The van der Waals surface area contributed by atoms with E-state index in [4.69, 9.17) is 0 Å². The van der Waals surface area contributed by atoms with Gasteiger partial charge in [0.25, 0.3) is 0 Å². The van der Waals surface area contributed by atoms with Gasteiger partial charge in [0, 0.05) is 24.7 Å². The Morgan fingerprint density at radius 3 is 2.42 bits per heavy atom. The summed E-state index contributed by atoms with van der Waals surface area (Å²) in [7, 11) is 4.35. The predicted molar refractivity (Wildman–Crippen MR) is 84.7 cm³/mol. The van der Waals surface area contributed by atoms with E-state index in [0.29, 0.717) is 18.1 Å². The van der Waals surface area contributed by atoms with E-state index >= 15 is 0 Å². The van der Waals surface area contributed by atoms with Crippen molar-refractivity contribution in [3.63, 3.8) is 0 Å². The van der Waals surface area contributed by atoms with Crippen LogP contribution in [0.15, 0.2) is 0 Å². The van der Waals surface area contributed by atoms with Gasteiger partial charge in [-0.3, -0.25) is 4.90 Å². The normalized spacial score (nSPS) is 30.0. The van der Waals surface area contributed by atoms with Crippen LogP contribution in [-0.4, -0.2) is 61.7 Å². The molecule has 0 saturated heterocycles. The van der Waals surface area contributed by atoms with Gasteiger partial charge in [0.2, 0.25) is 0 Å². The van der Waals surface area contributed by atoms with E-state index in [-0.39, 0.29) is 0 Å². The minimum atomic E-state index is 0.636. The van der Waals surface area contributed by atoms with Gasteiger partial charge >= 0.3 is 0 Å². The molecule has 0 spiro atoms. The smallest absolute Gasteiger partial charge is 0.0255 e. The highest BCUT2D eigenvalue weighted by Gasteiger charge is 2.33. The van der Waals surface area contributed by atoms with Crippen molar-refractivity contribution in [3.05, 3.63) is 0 Å². The van der Waals surface area contributed by atoms with Crippen LogP contribution in [0.1, 0.15) is 47.0 Å². The Morgan fingerprint density at radius 1 is 1.21 bits per heavy atom. The summed E-state index contributed by atoms with van der Waals surface area (Å²) in [6.45, 7) is 12.7. The van der Waals surface area contributed by atoms with Crippen LogP contribution in [0.25, 0.3) is 0 Å². The molecule has 0 radical (unpaired) electrons. The summed E-state index contributed by atoms with van der Waals surface area (Å²) in [5.41, 5.74) is 0. The minimum absolute atomic E-state index is 0.636. The van der Waals surface area contributed by atoms with Gasteiger partial charge in [0.15, 0.2) is 0 Å². The van der Waals surface area contributed by atoms with E-state index in [2.05, 4.69) is 56.9 Å². The third kappa shape index (κ3) is 5.05. The van der Waals surface area contributed by atoms with Gasteiger partial charge in [0.1, 0.15) is 0 Å². The van der Waals surface area contributed by atoms with Crippen LogP contribution >= 0.6 is 0 Å². The molecule has 1 rings (SSSR count). The Morgan fingerprint density at radius 2 is 1.89 bits per heavy atom. The van der Waals surface area contributed by atoms with Gasteiger partial charge in [-0.1, -0.05) is 20.8 Å². The number of hydrogen-bond acceptors (Lipinski definition) is 3. The number of nitrogens with zero attached hydrogens (tertiary/aromatic N) is 2. The third-order valence-corrected chi connectivity index (χ3v) is 4.53. The summed E-state index contributed by atoms with van der Waals surface area (Å²) in [6, 6.07) is 2.03. The van der Waals surface area contributed by atoms with E-state index in [1.54, 1.807) is 0 Å². The zero-order valence-electron chi connectivity index (χ0n) is 13.9. The molecule has 0 amide bonds. The summed E-state index contributed by atoms with van der Waals surface area (Å²) >= 11 is 0. The number of hydrogen-bond donors (Lipinski definition) is 1. The van der Waals surface area contributed by atoms with E-state index in [9.17, 15) is 0 Å². The molecule has 3 nitrogen and oxygen atoms in total. The van der Waals surface area contributed by atoms with E-state index in [1.807, 2.05) is 0 Å². The largest absolute Gasteiger partial charge is 0.313 e. The quantitative estimate of drug-likeness (QED) is 0.766. The van der Waals surface area contributed by atoms with Crippen molar-refractivity contribution in [2.45, 2.75) is 65.1 Å². The fourth-order valence-electron chi connectivity index (χ4n) is 3.72. The van der Waals surface area contributed by atoms with Gasteiger partial charge in [-0.05, 0) is 59.3 Å². The molecule has 1 aliphatic carbocycles. The highest BCUT2D eigenvalue weighted by atomic mass is 15.2. The van der Waals surface area contributed by atoms with Crippen LogP contribution in [0, 0.1) is 5.92 Å². The molecule has 1 fully saturated rings. The van der Waals surface area contributed by atoms with Crippen LogP contribution in [0.4, 0.5) is 0 Å². The van der Waals surface area contributed by atoms with Gasteiger partial charge in [-0.2, -0.15) is 0 Å². The van der Waals surface area contributed by atoms with Crippen molar-refractivity contribution >= 4 is 0 Å². The molecule has 114 valence electrons. The maximum absolute atomic E-state index is 3.72. The summed E-state index contributed by atoms with van der Waals surface area (Å²) < 4.78 is 0. The lowest BCUT2D eigenvalue weighted by Crippen LogP contribution is -2.57. The second kappa shape index (κ2) is 8.23. The summed E-state index contributed by atoms with van der Waals surface area (Å²) in [6.07, 6.45) is 4.07. The molecule has 0 aliphatic heterocycles. The molecule has 3 heteroatoms. The minimum Gasteiger partial charge on any atom is -0.313 e. The molecular formula is C16H35N3. The molecule has 0 aromatic rings. The first-order valence-corrected chi connectivity index (χ1v) is 8.13. The van der Waals surface area contributed by atoms with Crippen molar-refractivity contribution in [2.24, 2.45) is 5.92 Å². The van der Waals surface area contributed by atoms with Crippen LogP contribution in [0.2, 0.25) is 0 Å². The molecule has 1 aliphatic rings. The van der Waals surface area contributed by atoms with Gasteiger partial charge in [0.05, 0.1) is 0 Å². The number of rotatable bonds is 7. The first-order chi connectivity index (χ1) is 8.99. The Bertz CT molecular complexity index is 242. The molecular weight excluding hydrogens is 234 g/mol. The number of likely N-dealkylation sites (N-methyl/N-ethyl adjacent to an activating group) is 3. The van der Waals surface area contributed by atoms with Crippen LogP contribution < -0.4 is 5.32 Å². The van der Waals surface area contributed by atoms with Gasteiger partial charge < -0.3 is 10.2 Å². The Balaban J connectivity index is 2.72. The average molecular weight is 269 g/mol. The SMILES string of the molecule is CCNC1CCC(C)CC1N(CC)C(C)CN(C)C. The first kappa shape index (κ1) is 16.9. The second-order valence-corrected chi connectivity index (χ2v) is 6.59. The highest BCUT2D eigenvalue weighted by Crippen LogP contribution is 2.29. The molecule has 1 N–H and O–H groups in total. The van der Waals surface area contributed by atoms with Crippen molar-refractivity contribution < 1.29 is 0 Å². The van der Waals surface area contributed by atoms with Crippen LogP contribution in [0.3, 0.4) is 0 Å². The summed E-state index contributed by atoms with van der Waals surface area (Å²) in [5, 5.41) is 3.72. The predicted octanol–water partition coefficient (Wildman–Crippen LogP) is 2.43. The zero-order valence-corrected chi connectivity index (χ0v) is 13.9. The van der Waals surface area contributed by atoms with E-state index < -0.39 is 0 Å². The van der Waals surface area contributed by atoms with Crippen molar-refractivity contribution in [3.8, 4) is 0 Å². The second-order valence-electron chi connectivity index (χ2n) is 6.59. The molecule has 0 aromatic heterocycles. The topological polar surface area (TPSA) is 18.5 Å². The van der Waals surface area contributed by atoms with Crippen LogP contribution in [-0.2, 0) is 0 Å². The molecule has 4 atom stereocenters. The lowest BCUT2D eigenvalue weighted by Gasteiger charge is -2.45. The third-order valence-electron chi connectivity index (χ3n) is 4.53. The Hall–Kier alpha value is -0.120. The fraction of sp³-hybridized carbons (Fsp3) is 1.00. The molecule has 0 aromatic carbocycles. The zero-order chi connectivity index (χ0) is 14.4. The Kier molecular flexibility index (Phi) is 7.33. The first-order valence-electron chi connectivity index (χ1n) is 8.13. The molecule has 0 bridgehead atoms. The summed E-state index contributed by atoms with van der Waals surface area (Å²) in [5.74, 6) is 0.875. The maximum Gasteiger partial charge on any atom is 0.0255 e. The Labute approximate surface area is 120 Å². The molecule has 1 saturated carbocycles. The monoisotopic (exact) mass is 269 g/mol. The van der Waals surface area contributed by atoms with Crippen molar-refractivity contribution in [1.29, 1.82) is 0 Å². The van der Waals surface area contributed by atoms with E-state index in [1.165, 1.54) is 19.3 Å². The standard InChI is InChI=1S/C16H35N3/c1-7-17-15-10-9-13(3)11-16(15)19(8-2)14(4)12-18(5)6/h13-17H,7-12H2,1-6H3. The molecule has 19 heavy (non-hydrogen) atoms. The number of nitrogens with one attached hydrogen (secondary N) is 1. The lowest BCUT2D eigenvalue weighted by atomic mass is 9.82. The average Bonchev–Trinajstić information content (AvgIpc) is 2.32. The summed E-state index contributed by atoms with van der Waals surface area (Å²) in [4.78, 5) is 5.03. The van der Waals surface area contributed by atoms with Gasteiger partial charge in [-0.25, -0.2) is 0 Å². The fourth-order valence-corrected chi connectivity index (χ4v) is 3.72. The van der Waals surface area contributed by atoms with Crippen LogP contribution in [0.5, 0.6) is 0 Å². The lowest BCUT2D eigenvalue weighted by molar-refractivity contribution is 0.0635. The molecule has 0 heterocycles. The van der Waals surface area contributed by atoms with Crippen molar-refractivity contribution in [2.75, 3.05) is 33.7 Å². The molecule has 4 unspecified atom stereocenters. The maximum atomic E-state index is 3.72. The highest BCUT2D eigenvalue weighted by molar-refractivity contribution is 4.92. The van der Waals surface area contributed by atoms with Gasteiger partial charge in [-0.15, -0.1) is 0 Å². The van der Waals surface area contributed by atoms with Crippen molar-refractivity contribution in [1.82, 2.24) is 15.1 Å². The van der Waals surface area contributed by atoms with E-state index in [0.717, 1.165) is 25.6 Å².